The fourth-order valence-electron chi connectivity index (χ4n) is 0.262. The summed E-state index contributed by atoms with van der Waals surface area (Å²) in [7, 11) is 3.52. The van der Waals surface area contributed by atoms with Gasteiger partial charge in [-0.1, -0.05) is 7.43 Å². The van der Waals surface area contributed by atoms with Crippen LogP contribution in [0.2, 0.25) is 0 Å². The monoisotopic (exact) mass is 117 g/mol. The molecule has 0 aromatic carbocycles. The number of nitrogens with one attached hydrogen (secondary N) is 1. The lowest BCUT2D eigenvalue weighted by atomic mass is 10.6. The van der Waals surface area contributed by atoms with Crippen LogP contribution in [0, 0.1) is 0 Å². The molecule has 0 aromatic heterocycles. The van der Waals surface area contributed by atoms with Crippen molar-refractivity contribution in [3.05, 3.63) is 12.3 Å². The van der Waals surface area contributed by atoms with Gasteiger partial charge in [-0.25, -0.2) is 0 Å². The van der Waals surface area contributed by atoms with Gasteiger partial charge in [-0.3, -0.25) is 0 Å². The SMILES string of the molecule is C.CNCC=COC. The molecule has 0 fully saturated rings. The highest BCUT2D eigenvalue weighted by Gasteiger charge is 1.65. The van der Waals surface area contributed by atoms with Crippen LogP contribution >= 0.6 is 0 Å². The van der Waals surface area contributed by atoms with E-state index in [1.54, 1.807) is 13.4 Å². The van der Waals surface area contributed by atoms with Gasteiger partial charge >= 0.3 is 0 Å². The van der Waals surface area contributed by atoms with E-state index in [9.17, 15) is 0 Å². The molecule has 0 amide bonds. The van der Waals surface area contributed by atoms with Gasteiger partial charge in [0.25, 0.3) is 0 Å². The lowest BCUT2D eigenvalue weighted by molar-refractivity contribution is 0.336. The van der Waals surface area contributed by atoms with Gasteiger partial charge in [0.05, 0.1) is 13.4 Å². The van der Waals surface area contributed by atoms with Gasteiger partial charge in [0, 0.05) is 6.54 Å². The van der Waals surface area contributed by atoms with Crippen LogP contribution in [0.5, 0.6) is 0 Å². The number of hydrogen-bond donors (Lipinski definition) is 1. The van der Waals surface area contributed by atoms with Crippen molar-refractivity contribution in [1.29, 1.82) is 0 Å². The van der Waals surface area contributed by atoms with Crippen LogP contribution in [0.25, 0.3) is 0 Å². The lowest BCUT2D eigenvalue weighted by Gasteiger charge is -1.86. The topological polar surface area (TPSA) is 21.3 Å². The summed E-state index contributed by atoms with van der Waals surface area (Å²) >= 11 is 0. The first-order chi connectivity index (χ1) is 3.41. The normalized spacial score (nSPS) is 8.75. The first-order valence-electron chi connectivity index (χ1n) is 2.24. The van der Waals surface area contributed by atoms with E-state index in [0.29, 0.717) is 0 Å². The first kappa shape index (κ1) is 10.5. The molecule has 0 aliphatic heterocycles. The van der Waals surface area contributed by atoms with E-state index in [-0.39, 0.29) is 7.43 Å². The van der Waals surface area contributed by atoms with Crippen molar-refractivity contribution in [2.45, 2.75) is 7.43 Å². The highest BCUT2D eigenvalue weighted by molar-refractivity contribution is 4.74. The molecule has 0 saturated carbocycles. The molecule has 0 spiro atoms. The minimum atomic E-state index is 0. The molecule has 1 N–H and O–H groups in total. The Hall–Kier alpha value is -0.500. The van der Waals surface area contributed by atoms with Crippen molar-refractivity contribution in [3.63, 3.8) is 0 Å². The highest BCUT2D eigenvalue weighted by Crippen LogP contribution is 1.66. The Bertz CT molecular complexity index is 52.5. The Labute approximate surface area is 51.5 Å². The average Bonchev–Trinajstić information content (AvgIpc) is 1.69. The van der Waals surface area contributed by atoms with Crippen LogP contribution in [-0.2, 0) is 4.74 Å². The zero-order valence-corrected chi connectivity index (χ0v) is 4.77. The van der Waals surface area contributed by atoms with Crippen LogP contribution in [0.1, 0.15) is 7.43 Å². The molecular formula is C6H15NO. The van der Waals surface area contributed by atoms with Gasteiger partial charge in [0.1, 0.15) is 0 Å². The quantitative estimate of drug-likeness (QED) is 0.557. The van der Waals surface area contributed by atoms with Crippen molar-refractivity contribution in [2.24, 2.45) is 0 Å². The molecule has 0 saturated heterocycles. The van der Waals surface area contributed by atoms with Gasteiger partial charge in [-0.15, -0.1) is 0 Å². The minimum absolute atomic E-state index is 0. The molecule has 0 radical (unpaired) electrons. The van der Waals surface area contributed by atoms with Crippen molar-refractivity contribution in [3.8, 4) is 0 Å². The second-order valence-electron chi connectivity index (χ2n) is 1.17. The van der Waals surface area contributed by atoms with E-state index in [0.717, 1.165) is 6.54 Å². The standard InChI is InChI=1S/C5H11NO.CH4/c1-6-4-3-5-7-2;/h3,5-6H,4H2,1-2H3;1H4. The zero-order valence-electron chi connectivity index (χ0n) is 4.77. The fourth-order valence-corrected chi connectivity index (χ4v) is 0.262. The summed E-state index contributed by atoms with van der Waals surface area (Å²) in [6.45, 7) is 0.869. The van der Waals surface area contributed by atoms with E-state index >= 15 is 0 Å². The Morgan fingerprint density at radius 2 is 2.25 bits per heavy atom. The average molecular weight is 117 g/mol. The number of methoxy groups -OCH3 is 1. The second kappa shape index (κ2) is 9.71. The number of hydrogen-bond acceptors (Lipinski definition) is 2. The van der Waals surface area contributed by atoms with E-state index in [1.807, 2.05) is 13.1 Å². The largest absolute Gasteiger partial charge is 0.505 e. The Morgan fingerprint density at radius 1 is 1.62 bits per heavy atom. The van der Waals surface area contributed by atoms with Crippen molar-refractivity contribution in [1.82, 2.24) is 5.32 Å². The van der Waals surface area contributed by atoms with Crippen LogP contribution in [0.15, 0.2) is 12.3 Å². The molecule has 0 rings (SSSR count). The van der Waals surface area contributed by atoms with Crippen LogP contribution in [0.4, 0.5) is 0 Å². The van der Waals surface area contributed by atoms with Gasteiger partial charge in [0.15, 0.2) is 0 Å². The maximum absolute atomic E-state index is 4.62. The summed E-state index contributed by atoms with van der Waals surface area (Å²) in [4.78, 5) is 0. The Balaban J connectivity index is 0. The Kier molecular flexibility index (Phi) is 12.7. The fraction of sp³-hybridized carbons (Fsp3) is 0.667. The molecule has 0 atom stereocenters. The third kappa shape index (κ3) is 9.09. The molecule has 0 aliphatic carbocycles. The maximum Gasteiger partial charge on any atom is 0.0797 e. The summed E-state index contributed by atoms with van der Waals surface area (Å²) in [5.41, 5.74) is 0. The minimum Gasteiger partial charge on any atom is -0.505 e. The molecule has 0 heterocycles. The van der Waals surface area contributed by atoms with Crippen molar-refractivity contribution >= 4 is 0 Å². The van der Waals surface area contributed by atoms with Gasteiger partial charge in [0.2, 0.25) is 0 Å². The maximum atomic E-state index is 4.62. The number of likely N-dealkylation sites (N-methyl/N-ethyl adjacent to an activating group) is 1. The van der Waals surface area contributed by atoms with Gasteiger partial charge < -0.3 is 10.1 Å². The van der Waals surface area contributed by atoms with Crippen molar-refractivity contribution < 1.29 is 4.74 Å². The van der Waals surface area contributed by atoms with E-state index in [4.69, 9.17) is 0 Å². The van der Waals surface area contributed by atoms with Crippen molar-refractivity contribution in [2.75, 3.05) is 20.7 Å². The molecule has 0 unspecified atom stereocenters. The third-order valence-corrected chi connectivity index (χ3v) is 0.554. The molecule has 0 aliphatic rings. The summed E-state index contributed by atoms with van der Waals surface area (Å²) in [5, 5.41) is 2.94. The molecular weight excluding hydrogens is 102 g/mol. The van der Waals surface area contributed by atoms with Crippen LogP contribution in [-0.4, -0.2) is 20.7 Å². The van der Waals surface area contributed by atoms with E-state index in [1.165, 1.54) is 0 Å². The molecule has 2 nitrogen and oxygen atoms in total. The molecule has 0 aromatic rings. The summed E-state index contributed by atoms with van der Waals surface area (Å²) in [5.74, 6) is 0. The van der Waals surface area contributed by atoms with Crippen LogP contribution < -0.4 is 5.32 Å². The third-order valence-electron chi connectivity index (χ3n) is 0.554. The summed E-state index contributed by atoms with van der Waals surface area (Å²) in [6.07, 6.45) is 3.55. The molecule has 2 heteroatoms. The predicted octanol–water partition coefficient (Wildman–Crippen LogP) is 1.00. The second-order valence-corrected chi connectivity index (χ2v) is 1.17. The van der Waals surface area contributed by atoms with E-state index in [2.05, 4.69) is 10.1 Å². The van der Waals surface area contributed by atoms with Gasteiger partial charge in [-0.2, -0.15) is 0 Å². The van der Waals surface area contributed by atoms with E-state index < -0.39 is 0 Å². The number of ether oxygens (including phenoxy) is 1. The summed E-state index contributed by atoms with van der Waals surface area (Å²) < 4.78 is 4.62. The van der Waals surface area contributed by atoms with Gasteiger partial charge in [-0.05, 0) is 13.1 Å². The predicted molar refractivity (Wildman–Crippen MR) is 36.8 cm³/mol. The Morgan fingerprint density at radius 3 is 2.62 bits per heavy atom. The molecule has 8 heavy (non-hydrogen) atoms. The zero-order chi connectivity index (χ0) is 5.54. The molecule has 0 bridgehead atoms. The smallest absolute Gasteiger partial charge is 0.0797 e. The lowest BCUT2D eigenvalue weighted by Crippen LogP contribution is -2.03. The summed E-state index contributed by atoms with van der Waals surface area (Å²) in [6, 6.07) is 0. The molecule has 50 valence electrons. The van der Waals surface area contributed by atoms with Crippen LogP contribution in [0.3, 0.4) is 0 Å². The first-order valence-corrected chi connectivity index (χ1v) is 2.24. The highest BCUT2D eigenvalue weighted by atomic mass is 16.5. The number of rotatable bonds is 3.